The molecule has 1 aromatic heterocycles. The van der Waals surface area contributed by atoms with Gasteiger partial charge in [-0.1, -0.05) is 45.0 Å². The predicted octanol–water partition coefficient (Wildman–Crippen LogP) is 3.84. The number of aliphatic hydroxyl groups excluding tert-OH is 1. The molecule has 2 heterocycles. The molecule has 0 bridgehead atoms. The Labute approximate surface area is 167 Å². The summed E-state index contributed by atoms with van der Waals surface area (Å²) in [7, 11) is 0. The van der Waals surface area contributed by atoms with Crippen molar-refractivity contribution in [2.24, 2.45) is 5.92 Å². The van der Waals surface area contributed by atoms with E-state index < -0.39 is 6.41 Å². The second kappa shape index (κ2) is 7.33. The number of nitrogens with one attached hydrogen (secondary N) is 1. The molecule has 1 aliphatic carbocycles. The molecule has 1 unspecified atom stereocenters. The standard InChI is InChI=1S/C22H30N4O2/c1-14(2)18-13-28-21(27)26(18)19-9-12-23-20(25-19)24-15(3)16-5-7-17(8-6-16)22(4)10-11-22/h5-9,12,14-15,18,21,27H,10-11,13H2,1-4H3,(H,23,24,25)/t15-,18+,21?/m0/s1. The fourth-order valence-corrected chi connectivity index (χ4v) is 3.80. The highest BCUT2D eigenvalue weighted by Gasteiger charge is 2.39. The number of rotatable bonds is 6. The monoisotopic (exact) mass is 382 g/mol. The van der Waals surface area contributed by atoms with Crippen molar-refractivity contribution in [2.45, 2.75) is 64.4 Å². The molecule has 6 heteroatoms. The quantitative estimate of drug-likeness (QED) is 0.791. The Morgan fingerprint density at radius 2 is 1.89 bits per heavy atom. The summed E-state index contributed by atoms with van der Waals surface area (Å²) in [6.07, 6.45) is 3.31. The summed E-state index contributed by atoms with van der Waals surface area (Å²) in [5.41, 5.74) is 3.01. The van der Waals surface area contributed by atoms with E-state index in [1.54, 1.807) is 6.20 Å². The van der Waals surface area contributed by atoms with Gasteiger partial charge in [-0.05, 0) is 48.3 Å². The van der Waals surface area contributed by atoms with Crippen molar-refractivity contribution in [2.75, 3.05) is 16.8 Å². The Bertz CT molecular complexity index is 820. The topological polar surface area (TPSA) is 70.5 Å². The van der Waals surface area contributed by atoms with Crippen molar-refractivity contribution in [1.82, 2.24) is 9.97 Å². The first-order valence-corrected chi connectivity index (χ1v) is 10.2. The highest BCUT2D eigenvalue weighted by molar-refractivity contribution is 5.46. The molecular weight excluding hydrogens is 352 g/mol. The molecule has 0 radical (unpaired) electrons. The molecule has 2 fully saturated rings. The Morgan fingerprint density at radius 3 is 2.54 bits per heavy atom. The molecule has 0 amide bonds. The summed E-state index contributed by atoms with van der Waals surface area (Å²) in [6, 6.07) is 10.8. The molecule has 4 rings (SSSR count). The number of aromatic nitrogens is 2. The number of anilines is 2. The molecule has 1 saturated carbocycles. The zero-order chi connectivity index (χ0) is 19.9. The molecule has 1 aliphatic heterocycles. The molecule has 28 heavy (non-hydrogen) atoms. The van der Waals surface area contributed by atoms with Crippen LogP contribution in [-0.2, 0) is 10.2 Å². The highest BCUT2D eigenvalue weighted by atomic mass is 16.6. The minimum Gasteiger partial charge on any atom is -0.351 e. The normalized spacial score (nSPS) is 24.4. The SMILES string of the molecule is CC(C)[C@H]1COC(O)N1c1ccnc(N[C@@H](C)c2ccc(C3(C)CC3)cc2)n1. The van der Waals surface area contributed by atoms with E-state index in [0.717, 1.165) is 0 Å². The maximum absolute atomic E-state index is 10.2. The number of aliphatic hydroxyl groups is 1. The van der Waals surface area contributed by atoms with Gasteiger partial charge in [0.15, 0.2) is 0 Å². The van der Waals surface area contributed by atoms with Crippen molar-refractivity contribution >= 4 is 11.8 Å². The van der Waals surface area contributed by atoms with Crippen LogP contribution in [0.5, 0.6) is 0 Å². The smallest absolute Gasteiger partial charge is 0.239 e. The molecule has 1 saturated heterocycles. The van der Waals surface area contributed by atoms with Gasteiger partial charge in [-0.25, -0.2) is 4.98 Å². The fourth-order valence-electron chi connectivity index (χ4n) is 3.80. The van der Waals surface area contributed by atoms with Crippen molar-refractivity contribution in [3.8, 4) is 0 Å². The maximum atomic E-state index is 10.2. The van der Waals surface area contributed by atoms with E-state index in [1.165, 1.54) is 24.0 Å². The number of benzene rings is 1. The Kier molecular flexibility index (Phi) is 5.02. The lowest BCUT2D eigenvalue weighted by atomic mass is 9.96. The highest BCUT2D eigenvalue weighted by Crippen LogP contribution is 2.47. The van der Waals surface area contributed by atoms with E-state index in [4.69, 9.17) is 4.74 Å². The van der Waals surface area contributed by atoms with Crippen LogP contribution < -0.4 is 10.2 Å². The third kappa shape index (κ3) is 3.71. The first kappa shape index (κ1) is 19.2. The van der Waals surface area contributed by atoms with Crippen LogP contribution in [-0.4, -0.2) is 34.1 Å². The summed E-state index contributed by atoms with van der Waals surface area (Å²) >= 11 is 0. The molecule has 0 spiro atoms. The van der Waals surface area contributed by atoms with Gasteiger partial charge < -0.3 is 20.1 Å². The molecule has 2 aromatic rings. The van der Waals surface area contributed by atoms with E-state index >= 15 is 0 Å². The van der Waals surface area contributed by atoms with Crippen LogP contribution in [0.1, 0.15) is 57.7 Å². The lowest BCUT2D eigenvalue weighted by Crippen LogP contribution is -2.40. The average molecular weight is 383 g/mol. The molecule has 6 nitrogen and oxygen atoms in total. The fraction of sp³-hybridized carbons (Fsp3) is 0.545. The summed E-state index contributed by atoms with van der Waals surface area (Å²) in [5.74, 6) is 1.56. The van der Waals surface area contributed by atoms with E-state index in [1.807, 2.05) is 11.0 Å². The van der Waals surface area contributed by atoms with E-state index in [2.05, 4.69) is 67.2 Å². The molecule has 2 N–H and O–H groups in total. The zero-order valence-electron chi connectivity index (χ0n) is 17.1. The van der Waals surface area contributed by atoms with Gasteiger partial charge >= 0.3 is 0 Å². The second-order valence-corrected chi connectivity index (χ2v) is 8.67. The number of ether oxygens (including phenoxy) is 1. The van der Waals surface area contributed by atoms with Crippen molar-refractivity contribution in [3.63, 3.8) is 0 Å². The van der Waals surface area contributed by atoms with Crippen LogP contribution in [0.3, 0.4) is 0 Å². The third-order valence-corrected chi connectivity index (χ3v) is 6.14. The van der Waals surface area contributed by atoms with Gasteiger partial charge in [-0.15, -0.1) is 0 Å². The molecule has 2 aliphatic rings. The van der Waals surface area contributed by atoms with E-state index in [-0.39, 0.29) is 12.1 Å². The second-order valence-electron chi connectivity index (χ2n) is 8.67. The summed E-state index contributed by atoms with van der Waals surface area (Å²) in [6.45, 7) is 9.16. The summed E-state index contributed by atoms with van der Waals surface area (Å²) in [5, 5.41) is 13.6. The lowest BCUT2D eigenvalue weighted by molar-refractivity contribution is -0.0578. The summed E-state index contributed by atoms with van der Waals surface area (Å²) < 4.78 is 5.43. The van der Waals surface area contributed by atoms with Crippen LogP contribution in [0.2, 0.25) is 0 Å². The largest absolute Gasteiger partial charge is 0.351 e. The van der Waals surface area contributed by atoms with Gasteiger partial charge in [0.1, 0.15) is 5.82 Å². The van der Waals surface area contributed by atoms with Gasteiger partial charge in [-0.2, -0.15) is 4.98 Å². The van der Waals surface area contributed by atoms with E-state index in [9.17, 15) is 5.11 Å². The zero-order valence-corrected chi connectivity index (χ0v) is 17.1. The number of hydrogen-bond donors (Lipinski definition) is 2. The van der Waals surface area contributed by atoms with Gasteiger partial charge in [-0.3, -0.25) is 0 Å². The molecule has 150 valence electrons. The Hall–Kier alpha value is -2.18. The van der Waals surface area contributed by atoms with Gasteiger partial charge in [0.25, 0.3) is 0 Å². The van der Waals surface area contributed by atoms with Crippen LogP contribution in [0.4, 0.5) is 11.8 Å². The third-order valence-electron chi connectivity index (χ3n) is 6.14. The number of hydrogen-bond acceptors (Lipinski definition) is 6. The molecular formula is C22H30N4O2. The van der Waals surface area contributed by atoms with Gasteiger partial charge in [0.05, 0.1) is 18.7 Å². The Balaban J connectivity index is 1.48. The van der Waals surface area contributed by atoms with Crippen LogP contribution >= 0.6 is 0 Å². The predicted molar refractivity (Wildman–Crippen MR) is 110 cm³/mol. The van der Waals surface area contributed by atoms with Crippen LogP contribution in [0.15, 0.2) is 36.5 Å². The summed E-state index contributed by atoms with van der Waals surface area (Å²) in [4.78, 5) is 10.8. The number of nitrogens with zero attached hydrogens (tertiary/aromatic N) is 3. The van der Waals surface area contributed by atoms with Gasteiger partial charge in [0, 0.05) is 6.20 Å². The average Bonchev–Trinajstić information content (AvgIpc) is 3.31. The minimum atomic E-state index is -0.969. The van der Waals surface area contributed by atoms with Crippen molar-refractivity contribution in [1.29, 1.82) is 0 Å². The van der Waals surface area contributed by atoms with E-state index in [0.29, 0.717) is 29.7 Å². The van der Waals surface area contributed by atoms with Crippen molar-refractivity contribution in [3.05, 3.63) is 47.7 Å². The minimum absolute atomic E-state index is 0.0805. The maximum Gasteiger partial charge on any atom is 0.239 e. The first-order chi connectivity index (χ1) is 13.4. The van der Waals surface area contributed by atoms with Crippen molar-refractivity contribution < 1.29 is 9.84 Å². The van der Waals surface area contributed by atoms with Crippen LogP contribution in [0.25, 0.3) is 0 Å². The molecule has 3 atom stereocenters. The Morgan fingerprint density at radius 1 is 1.18 bits per heavy atom. The van der Waals surface area contributed by atoms with Gasteiger partial charge in [0.2, 0.25) is 12.4 Å². The van der Waals surface area contributed by atoms with Crippen LogP contribution in [0, 0.1) is 5.92 Å². The molecule has 1 aromatic carbocycles. The lowest BCUT2D eigenvalue weighted by Gasteiger charge is -2.28. The first-order valence-electron chi connectivity index (χ1n) is 10.2.